The third-order valence-electron chi connectivity index (χ3n) is 3.34. The Hall–Kier alpha value is -2.15. The van der Waals surface area contributed by atoms with E-state index in [1.54, 1.807) is 0 Å². The first-order valence-corrected chi connectivity index (χ1v) is 6.30. The number of nitrogens with zero attached hydrogens (tertiary/aromatic N) is 1. The average molecular weight is 233 g/mol. The van der Waals surface area contributed by atoms with Crippen LogP contribution in [-0.4, -0.2) is 4.98 Å². The van der Waals surface area contributed by atoms with Crippen LogP contribution in [0.25, 0.3) is 21.9 Å². The lowest BCUT2D eigenvalue weighted by Gasteiger charge is -2.05. The number of fused-ring (bicyclic) bond motifs is 1. The molecule has 2 aromatic carbocycles. The van der Waals surface area contributed by atoms with Crippen molar-refractivity contribution in [3.05, 3.63) is 66.5 Å². The van der Waals surface area contributed by atoms with Crippen molar-refractivity contribution in [2.24, 2.45) is 0 Å². The van der Waals surface area contributed by atoms with Gasteiger partial charge in [-0.25, -0.2) is 0 Å². The quantitative estimate of drug-likeness (QED) is 0.636. The predicted octanol–water partition coefficient (Wildman–Crippen LogP) is 4.46. The molecule has 0 aliphatic rings. The second-order valence-corrected chi connectivity index (χ2v) is 4.49. The minimum absolute atomic E-state index is 1.09. The van der Waals surface area contributed by atoms with Crippen LogP contribution < -0.4 is 0 Å². The van der Waals surface area contributed by atoms with E-state index in [2.05, 4.69) is 54.4 Å². The maximum atomic E-state index is 4.18. The maximum absolute atomic E-state index is 4.18. The number of aryl methyl sites for hydroxylation is 1. The number of rotatable bonds is 2. The summed E-state index contributed by atoms with van der Waals surface area (Å²) in [6.07, 6.45) is 4.83. The van der Waals surface area contributed by atoms with Crippen LogP contribution in [0, 0.1) is 0 Å². The Kier molecular flexibility index (Phi) is 2.81. The Morgan fingerprint density at radius 2 is 1.61 bits per heavy atom. The lowest BCUT2D eigenvalue weighted by molar-refractivity contribution is 1.14. The SMILES string of the molecule is CCc1ccc(-c2ccc3ccncc3c2)cc1. The van der Waals surface area contributed by atoms with Gasteiger partial charge >= 0.3 is 0 Å². The van der Waals surface area contributed by atoms with Gasteiger partial charge in [0.25, 0.3) is 0 Å². The van der Waals surface area contributed by atoms with E-state index >= 15 is 0 Å². The third-order valence-corrected chi connectivity index (χ3v) is 3.34. The fraction of sp³-hybridized carbons (Fsp3) is 0.118. The van der Waals surface area contributed by atoms with Crippen molar-refractivity contribution < 1.29 is 0 Å². The average Bonchev–Trinajstić information content (AvgIpc) is 2.47. The van der Waals surface area contributed by atoms with E-state index in [9.17, 15) is 0 Å². The highest BCUT2D eigenvalue weighted by Gasteiger charge is 1.99. The summed E-state index contributed by atoms with van der Waals surface area (Å²) >= 11 is 0. The summed E-state index contributed by atoms with van der Waals surface area (Å²) in [7, 11) is 0. The molecule has 88 valence electrons. The standard InChI is InChI=1S/C17H15N/c1-2-13-3-5-14(6-4-13)16-8-7-15-9-10-18-12-17(15)11-16/h3-12H,2H2,1H3. The van der Waals surface area contributed by atoms with E-state index in [-0.39, 0.29) is 0 Å². The number of hydrogen-bond donors (Lipinski definition) is 0. The van der Waals surface area contributed by atoms with Gasteiger partial charge in [0.2, 0.25) is 0 Å². The summed E-state index contributed by atoms with van der Waals surface area (Å²) in [4.78, 5) is 4.18. The van der Waals surface area contributed by atoms with Gasteiger partial charge in [-0.1, -0.05) is 43.3 Å². The fourth-order valence-electron chi connectivity index (χ4n) is 2.20. The predicted molar refractivity (Wildman–Crippen MR) is 76.6 cm³/mol. The second-order valence-electron chi connectivity index (χ2n) is 4.49. The van der Waals surface area contributed by atoms with E-state index in [1.165, 1.54) is 27.5 Å². The lowest BCUT2D eigenvalue weighted by atomic mass is 10.0. The molecule has 0 radical (unpaired) electrons. The van der Waals surface area contributed by atoms with Gasteiger partial charge in [0.1, 0.15) is 0 Å². The Morgan fingerprint density at radius 3 is 2.39 bits per heavy atom. The summed E-state index contributed by atoms with van der Waals surface area (Å²) in [6.45, 7) is 2.18. The monoisotopic (exact) mass is 233 g/mol. The van der Waals surface area contributed by atoms with Gasteiger partial charge in [0, 0.05) is 17.8 Å². The van der Waals surface area contributed by atoms with Crippen molar-refractivity contribution in [1.29, 1.82) is 0 Å². The van der Waals surface area contributed by atoms with Crippen LogP contribution in [-0.2, 0) is 6.42 Å². The molecule has 0 aliphatic carbocycles. The minimum Gasteiger partial charge on any atom is -0.264 e. The Bertz CT molecular complexity index is 669. The van der Waals surface area contributed by atoms with Gasteiger partial charge in [-0.3, -0.25) is 4.98 Å². The van der Waals surface area contributed by atoms with E-state index in [0.29, 0.717) is 0 Å². The molecule has 0 aliphatic heterocycles. The molecule has 0 saturated heterocycles. The molecule has 0 atom stereocenters. The zero-order chi connectivity index (χ0) is 12.4. The van der Waals surface area contributed by atoms with Crippen LogP contribution in [0.3, 0.4) is 0 Å². The van der Waals surface area contributed by atoms with Crippen molar-refractivity contribution in [3.8, 4) is 11.1 Å². The summed E-state index contributed by atoms with van der Waals surface area (Å²) in [5.74, 6) is 0. The van der Waals surface area contributed by atoms with Crippen molar-refractivity contribution >= 4 is 10.8 Å². The number of benzene rings is 2. The summed E-state index contributed by atoms with van der Waals surface area (Å²) in [5, 5.41) is 2.42. The summed E-state index contributed by atoms with van der Waals surface area (Å²) in [6, 6.07) is 17.3. The van der Waals surface area contributed by atoms with Gasteiger partial charge in [-0.15, -0.1) is 0 Å². The zero-order valence-electron chi connectivity index (χ0n) is 10.4. The zero-order valence-corrected chi connectivity index (χ0v) is 10.4. The Morgan fingerprint density at radius 1 is 0.833 bits per heavy atom. The van der Waals surface area contributed by atoms with Crippen LogP contribution in [0.4, 0.5) is 0 Å². The number of pyridine rings is 1. The molecule has 1 nitrogen and oxygen atoms in total. The maximum Gasteiger partial charge on any atom is 0.0346 e. The molecule has 1 heteroatoms. The largest absolute Gasteiger partial charge is 0.264 e. The first-order chi connectivity index (χ1) is 8.86. The molecule has 1 heterocycles. The fourth-order valence-corrected chi connectivity index (χ4v) is 2.20. The molecule has 0 N–H and O–H groups in total. The van der Waals surface area contributed by atoms with Gasteiger partial charge in [0.05, 0.1) is 0 Å². The summed E-state index contributed by atoms with van der Waals surface area (Å²) < 4.78 is 0. The molecule has 0 amide bonds. The highest BCUT2D eigenvalue weighted by molar-refractivity contribution is 5.86. The Balaban J connectivity index is 2.07. The summed E-state index contributed by atoms with van der Waals surface area (Å²) in [5.41, 5.74) is 3.89. The molecule has 0 saturated carbocycles. The lowest BCUT2D eigenvalue weighted by Crippen LogP contribution is -1.82. The molecule has 1 aromatic heterocycles. The van der Waals surface area contributed by atoms with Gasteiger partial charge in [-0.2, -0.15) is 0 Å². The first kappa shape index (κ1) is 11.0. The minimum atomic E-state index is 1.09. The highest BCUT2D eigenvalue weighted by Crippen LogP contribution is 2.24. The molecule has 3 aromatic rings. The first-order valence-electron chi connectivity index (χ1n) is 6.30. The molecular weight excluding hydrogens is 218 g/mol. The number of aromatic nitrogens is 1. The number of hydrogen-bond acceptors (Lipinski definition) is 1. The van der Waals surface area contributed by atoms with Crippen molar-refractivity contribution in [2.75, 3.05) is 0 Å². The van der Waals surface area contributed by atoms with Crippen molar-refractivity contribution in [3.63, 3.8) is 0 Å². The van der Waals surface area contributed by atoms with Gasteiger partial charge in [0.15, 0.2) is 0 Å². The van der Waals surface area contributed by atoms with E-state index in [0.717, 1.165) is 6.42 Å². The Labute approximate surface area is 107 Å². The van der Waals surface area contributed by atoms with Gasteiger partial charge in [-0.05, 0) is 40.6 Å². The van der Waals surface area contributed by atoms with Crippen LogP contribution in [0.15, 0.2) is 60.9 Å². The van der Waals surface area contributed by atoms with E-state index < -0.39 is 0 Å². The smallest absolute Gasteiger partial charge is 0.0346 e. The highest BCUT2D eigenvalue weighted by atomic mass is 14.6. The third kappa shape index (κ3) is 2.00. The molecule has 0 unspecified atom stereocenters. The van der Waals surface area contributed by atoms with Crippen LogP contribution in [0.1, 0.15) is 12.5 Å². The molecule has 3 rings (SSSR count). The van der Waals surface area contributed by atoms with Crippen LogP contribution in [0.5, 0.6) is 0 Å². The second kappa shape index (κ2) is 4.61. The van der Waals surface area contributed by atoms with Crippen molar-refractivity contribution in [2.45, 2.75) is 13.3 Å². The van der Waals surface area contributed by atoms with Crippen LogP contribution in [0.2, 0.25) is 0 Å². The molecule has 0 spiro atoms. The van der Waals surface area contributed by atoms with Crippen molar-refractivity contribution in [1.82, 2.24) is 4.98 Å². The molecule has 0 bridgehead atoms. The van der Waals surface area contributed by atoms with Gasteiger partial charge < -0.3 is 0 Å². The normalized spacial score (nSPS) is 10.7. The van der Waals surface area contributed by atoms with E-state index in [4.69, 9.17) is 0 Å². The molecule has 18 heavy (non-hydrogen) atoms. The topological polar surface area (TPSA) is 12.9 Å². The van der Waals surface area contributed by atoms with E-state index in [1.807, 2.05) is 18.5 Å². The van der Waals surface area contributed by atoms with Crippen LogP contribution >= 0.6 is 0 Å². The molecule has 0 fully saturated rings. The molecular formula is C17H15N.